The average Bonchev–Trinajstić information content (AvgIpc) is 2.14. The predicted molar refractivity (Wildman–Crippen MR) is 54.5 cm³/mol. The van der Waals surface area contributed by atoms with Gasteiger partial charge in [0.25, 0.3) is 0 Å². The number of hydrogen-bond donors (Lipinski definition) is 2. The van der Waals surface area contributed by atoms with E-state index in [1.807, 2.05) is 0 Å². The van der Waals surface area contributed by atoms with Crippen molar-refractivity contribution < 1.29 is 29.4 Å². The van der Waals surface area contributed by atoms with Crippen molar-refractivity contribution in [1.82, 2.24) is 5.06 Å². The van der Waals surface area contributed by atoms with Gasteiger partial charge in [0.15, 0.2) is 0 Å². The molecule has 16 heavy (non-hydrogen) atoms. The van der Waals surface area contributed by atoms with Gasteiger partial charge in [-0.25, -0.2) is 9.59 Å². The Labute approximate surface area is 92.9 Å². The molecule has 0 saturated carbocycles. The first-order valence-corrected chi connectivity index (χ1v) is 4.31. The summed E-state index contributed by atoms with van der Waals surface area (Å²) >= 11 is 0. The maximum atomic E-state index is 10.4. The number of hydroxylamine groups is 2. The minimum absolute atomic E-state index is 0.199. The van der Waals surface area contributed by atoms with Crippen LogP contribution in [0.1, 0.15) is 13.3 Å². The topological polar surface area (TPSA) is 104 Å². The second kappa shape index (κ2) is 9.66. The van der Waals surface area contributed by atoms with E-state index in [4.69, 9.17) is 10.2 Å². The van der Waals surface area contributed by atoms with Crippen LogP contribution < -0.4 is 0 Å². The number of nitrogens with zero attached hydrogens (tertiary/aromatic N) is 1. The highest BCUT2D eigenvalue weighted by atomic mass is 16.7. The largest absolute Gasteiger partial charge is 0.478 e. The van der Waals surface area contributed by atoms with Gasteiger partial charge in [-0.1, -0.05) is 6.92 Å². The van der Waals surface area contributed by atoms with Gasteiger partial charge in [0.1, 0.15) is 0 Å². The van der Waals surface area contributed by atoms with E-state index in [0.29, 0.717) is 18.6 Å². The number of hydrogen-bond acceptors (Lipinski definition) is 5. The minimum atomic E-state index is -1.26. The second-order valence-corrected chi connectivity index (χ2v) is 2.64. The standard InChI is InChI=1S/C5H11NO2.C4H4O4/c1-4-5(7)8-6(2)3;5-3(6)1-2-4(7)8/h4H2,1-3H3;1-2H,(H,5,6)(H,7,8). The van der Waals surface area contributed by atoms with Crippen molar-refractivity contribution in [3.05, 3.63) is 12.2 Å². The molecule has 0 aromatic heterocycles. The first-order valence-electron chi connectivity index (χ1n) is 4.31. The summed E-state index contributed by atoms with van der Waals surface area (Å²) in [5.41, 5.74) is 0. The zero-order valence-electron chi connectivity index (χ0n) is 9.34. The SMILES string of the molecule is CCC(=O)ON(C)C.O=C(O)C=CC(=O)O. The summed E-state index contributed by atoms with van der Waals surface area (Å²) in [5.74, 6) is -2.71. The highest BCUT2D eigenvalue weighted by Gasteiger charge is 1.97. The van der Waals surface area contributed by atoms with E-state index in [-0.39, 0.29) is 5.97 Å². The lowest BCUT2D eigenvalue weighted by molar-refractivity contribution is -0.177. The third kappa shape index (κ3) is 18.0. The molecule has 7 heteroatoms. The zero-order valence-corrected chi connectivity index (χ0v) is 9.34. The van der Waals surface area contributed by atoms with Gasteiger partial charge in [0.2, 0.25) is 0 Å². The Morgan fingerprint density at radius 3 is 1.62 bits per heavy atom. The fraction of sp³-hybridized carbons (Fsp3) is 0.444. The van der Waals surface area contributed by atoms with Crippen LogP contribution in [-0.2, 0) is 19.2 Å². The quantitative estimate of drug-likeness (QED) is 0.525. The molecule has 0 heterocycles. The van der Waals surface area contributed by atoms with E-state index >= 15 is 0 Å². The fourth-order valence-corrected chi connectivity index (χ4v) is 0.411. The zero-order chi connectivity index (χ0) is 13.1. The van der Waals surface area contributed by atoms with Crippen LogP contribution in [-0.4, -0.2) is 47.3 Å². The molecule has 0 aliphatic rings. The Morgan fingerprint density at radius 2 is 1.50 bits per heavy atom. The first kappa shape index (κ1) is 16.5. The second-order valence-electron chi connectivity index (χ2n) is 2.64. The van der Waals surface area contributed by atoms with E-state index in [9.17, 15) is 14.4 Å². The molecule has 92 valence electrons. The molecule has 0 radical (unpaired) electrons. The van der Waals surface area contributed by atoms with Gasteiger partial charge in [0, 0.05) is 32.7 Å². The van der Waals surface area contributed by atoms with Gasteiger partial charge in [-0.05, 0) is 0 Å². The van der Waals surface area contributed by atoms with Crippen molar-refractivity contribution in [3.63, 3.8) is 0 Å². The predicted octanol–water partition coefficient (Wildman–Crippen LogP) is 0.128. The van der Waals surface area contributed by atoms with Crippen molar-refractivity contribution in [1.29, 1.82) is 0 Å². The molecule has 0 spiro atoms. The van der Waals surface area contributed by atoms with Gasteiger partial charge in [-0.2, -0.15) is 0 Å². The van der Waals surface area contributed by atoms with Crippen molar-refractivity contribution in [3.8, 4) is 0 Å². The van der Waals surface area contributed by atoms with Crippen LogP contribution in [0.2, 0.25) is 0 Å². The molecule has 0 bridgehead atoms. The van der Waals surface area contributed by atoms with E-state index in [2.05, 4.69) is 4.84 Å². The Morgan fingerprint density at radius 1 is 1.12 bits per heavy atom. The van der Waals surface area contributed by atoms with Gasteiger partial charge < -0.3 is 15.1 Å². The number of carboxylic acids is 2. The number of rotatable bonds is 4. The highest BCUT2D eigenvalue weighted by molar-refractivity contribution is 5.89. The molecule has 0 aliphatic carbocycles. The van der Waals surface area contributed by atoms with E-state index in [0.717, 1.165) is 0 Å². The van der Waals surface area contributed by atoms with Gasteiger partial charge >= 0.3 is 17.9 Å². The molecule has 0 atom stereocenters. The number of carboxylic acid groups (broad SMARTS) is 2. The Bertz CT molecular complexity index is 255. The van der Waals surface area contributed by atoms with Crippen molar-refractivity contribution in [2.45, 2.75) is 13.3 Å². The smallest absolute Gasteiger partial charge is 0.328 e. The summed E-state index contributed by atoms with van der Waals surface area (Å²) in [5, 5.41) is 17.0. The van der Waals surface area contributed by atoms with Crippen LogP contribution in [0.5, 0.6) is 0 Å². The Balaban J connectivity index is 0. The molecule has 0 saturated heterocycles. The number of carbonyl (C=O) groups is 3. The highest BCUT2D eigenvalue weighted by Crippen LogP contribution is 1.84. The summed E-state index contributed by atoms with van der Waals surface area (Å²) in [4.78, 5) is 34.1. The molecule has 0 aromatic carbocycles. The first-order chi connectivity index (χ1) is 7.29. The maximum absolute atomic E-state index is 10.4. The van der Waals surface area contributed by atoms with Crippen LogP contribution in [0.4, 0.5) is 0 Å². The van der Waals surface area contributed by atoms with Crippen LogP contribution in [0.25, 0.3) is 0 Å². The third-order valence-corrected chi connectivity index (χ3v) is 0.942. The van der Waals surface area contributed by atoms with Gasteiger partial charge in [-0.3, -0.25) is 4.79 Å². The van der Waals surface area contributed by atoms with Crippen LogP contribution >= 0.6 is 0 Å². The Hall–Kier alpha value is -1.89. The summed E-state index contributed by atoms with van der Waals surface area (Å²) in [6.45, 7) is 1.76. The Kier molecular flexibility index (Phi) is 9.98. The maximum Gasteiger partial charge on any atom is 0.328 e. The van der Waals surface area contributed by atoms with E-state index < -0.39 is 11.9 Å². The lowest BCUT2D eigenvalue weighted by Crippen LogP contribution is -2.17. The van der Waals surface area contributed by atoms with Crippen molar-refractivity contribution >= 4 is 17.9 Å². The van der Waals surface area contributed by atoms with Gasteiger partial charge in [-0.15, -0.1) is 5.06 Å². The number of aliphatic carboxylic acids is 2. The molecule has 0 rings (SSSR count). The third-order valence-electron chi connectivity index (χ3n) is 0.942. The van der Waals surface area contributed by atoms with E-state index in [1.54, 1.807) is 21.0 Å². The molecule has 0 amide bonds. The molecule has 0 fully saturated rings. The molecular formula is C9H15NO6. The summed E-state index contributed by atoms with van der Waals surface area (Å²) in [6, 6.07) is 0. The fourth-order valence-electron chi connectivity index (χ4n) is 0.411. The molecule has 0 unspecified atom stereocenters. The van der Waals surface area contributed by atoms with Crippen molar-refractivity contribution in [2.24, 2.45) is 0 Å². The van der Waals surface area contributed by atoms with E-state index in [1.165, 1.54) is 5.06 Å². The van der Waals surface area contributed by atoms with Crippen molar-refractivity contribution in [2.75, 3.05) is 14.1 Å². The molecule has 2 N–H and O–H groups in total. The average molecular weight is 233 g/mol. The number of carbonyl (C=O) groups excluding carboxylic acids is 1. The molecule has 7 nitrogen and oxygen atoms in total. The summed E-state index contributed by atoms with van der Waals surface area (Å²) in [7, 11) is 3.35. The molecular weight excluding hydrogens is 218 g/mol. The molecule has 0 aromatic rings. The normalized spacial score (nSPS) is 9.50. The van der Waals surface area contributed by atoms with Crippen LogP contribution in [0.3, 0.4) is 0 Å². The summed E-state index contributed by atoms with van der Waals surface area (Å²) < 4.78 is 0. The van der Waals surface area contributed by atoms with Gasteiger partial charge in [0.05, 0.1) is 0 Å². The van der Waals surface area contributed by atoms with Crippen LogP contribution in [0, 0.1) is 0 Å². The minimum Gasteiger partial charge on any atom is -0.478 e. The monoisotopic (exact) mass is 233 g/mol. The lowest BCUT2D eigenvalue weighted by Gasteiger charge is -2.07. The lowest BCUT2D eigenvalue weighted by atomic mass is 10.5. The summed E-state index contributed by atoms with van der Waals surface area (Å²) in [6.07, 6.45) is 1.54. The van der Waals surface area contributed by atoms with Crippen LogP contribution in [0.15, 0.2) is 12.2 Å². The molecule has 0 aliphatic heterocycles.